The Morgan fingerprint density at radius 3 is 2.55 bits per heavy atom. The minimum absolute atomic E-state index is 0. The Bertz CT molecular complexity index is 273. The van der Waals surface area contributed by atoms with Crippen LogP contribution in [0.15, 0.2) is 10.8 Å². The van der Waals surface area contributed by atoms with Crippen LogP contribution in [0.5, 0.6) is 0 Å². The fraction of sp³-hybridized carbons (Fsp3) is 0.200. The topological polar surface area (TPSA) is 55.1 Å². The van der Waals surface area contributed by atoms with Gasteiger partial charge in [0.2, 0.25) is 5.82 Å². The average molecular weight is 241 g/mol. The van der Waals surface area contributed by atoms with Gasteiger partial charge in [-0.2, -0.15) is 0 Å². The SMILES string of the molecule is Cl.Cn1c(Br)cnc1C(=O)O. The van der Waals surface area contributed by atoms with E-state index in [2.05, 4.69) is 20.9 Å². The van der Waals surface area contributed by atoms with Gasteiger partial charge in [-0.3, -0.25) is 0 Å². The molecule has 0 atom stereocenters. The van der Waals surface area contributed by atoms with Crippen LogP contribution in [-0.2, 0) is 7.05 Å². The van der Waals surface area contributed by atoms with Gasteiger partial charge >= 0.3 is 5.97 Å². The van der Waals surface area contributed by atoms with E-state index in [4.69, 9.17) is 5.11 Å². The molecule has 1 aromatic heterocycles. The lowest BCUT2D eigenvalue weighted by Crippen LogP contribution is -2.05. The molecule has 0 spiro atoms. The normalized spacial score (nSPS) is 8.91. The number of carbonyl (C=O) groups is 1. The molecular weight excluding hydrogens is 235 g/mol. The number of aromatic carboxylic acids is 1. The zero-order valence-electron chi connectivity index (χ0n) is 5.61. The maximum Gasteiger partial charge on any atom is 0.372 e. The minimum atomic E-state index is -1.02. The molecule has 0 fully saturated rings. The van der Waals surface area contributed by atoms with E-state index in [-0.39, 0.29) is 18.2 Å². The number of aromatic nitrogens is 2. The molecule has 0 aliphatic rings. The molecule has 0 radical (unpaired) electrons. The number of nitrogens with zero attached hydrogens (tertiary/aromatic N) is 2. The molecule has 1 heterocycles. The van der Waals surface area contributed by atoms with E-state index < -0.39 is 5.97 Å². The number of hydrogen-bond acceptors (Lipinski definition) is 2. The molecule has 6 heteroatoms. The van der Waals surface area contributed by atoms with Gasteiger partial charge in [0.25, 0.3) is 0 Å². The van der Waals surface area contributed by atoms with Gasteiger partial charge in [-0.05, 0) is 15.9 Å². The summed E-state index contributed by atoms with van der Waals surface area (Å²) in [5.74, 6) is -0.986. The molecular formula is C5H6BrClN2O2. The first kappa shape index (κ1) is 10.4. The van der Waals surface area contributed by atoms with Gasteiger partial charge in [0, 0.05) is 7.05 Å². The molecule has 0 aliphatic carbocycles. The summed E-state index contributed by atoms with van der Waals surface area (Å²) < 4.78 is 2.10. The first-order valence-electron chi connectivity index (χ1n) is 2.53. The molecule has 0 saturated heterocycles. The second-order valence-electron chi connectivity index (χ2n) is 1.77. The van der Waals surface area contributed by atoms with Gasteiger partial charge in [0.05, 0.1) is 6.20 Å². The van der Waals surface area contributed by atoms with Crippen LogP contribution in [0.4, 0.5) is 0 Å². The van der Waals surface area contributed by atoms with E-state index >= 15 is 0 Å². The van der Waals surface area contributed by atoms with Crippen LogP contribution in [0.2, 0.25) is 0 Å². The number of halogens is 2. The van der Waals surface area contributed by atoms with Crippen LogP contribution in [0, 0.1) is 0 Å². The summed E-state index contributed by atoms with van der Waals surface area (Å²) >= 11 is 3.12. The third-order valence-corrected chi connectivity index (χ3v) is 1.86. The number of rotatable bonds is 1. The molecule has 0 aromatic carbocycles. The van der Waals surface area contributed by atoms with E-state index in [1.165, 1.54) is 10.8 Å². The molecule has 0 aliphatic heterocycles. The average Bonchev–Trinajstić information content (AvgIpc) is 2.14. The highest BCUT2D eigenvalue weighted by Gasteiger charge is 2.10. The summed E-state index contributed by atoms with van der Waals surface area (Å²) in [6.45, 7) is 0. The van der Waals surface area contributed by atoms with Crippen molar-refractivity contribution in [1.29, 1.82) is 0 Å². The first-order chi connectivity index (χ1) is 4.63. The fourth-order valence-corrected chi connectivity index (χ4v) is 0.858. The fourth-order valence-electron chi connectivity index (χ4n) is 0.587. The smallest absolute Gasteiger partial charge is 0.372 e. The maximum atomic E-state index is 10.3. The van der Waals surface area contributed by atoms with E-state index in [1.54, 1.807) is 7.05 Å². The second-order valence-corrected chi connectivity index (χ2v) is 2.58. The molecule has 62 valence electrons. The highest BCUT2D eigenvalue weighted by atomic mass is 79.9. The molecule has 1 aromatic rings. The summed E-state index contributed by atoms with van der Waals surface area (Å²) in [7, 11) is 1.63. The third kappa shape index (κ3) is 1.94. The first-order valence-corrected chi connectivity index (χ1v) is 3.32. The summed E-state index contributed by atoms with van der Waals surface area (Å²) in [6.07, 6.45) is 1.45. The van der Waals surface area contributed by atoms with Gasteiger partial charge in [0.1, 0.15) is 4.60 Å². The van der Waals surface area contributed by atoms with Crippen molar-refractivity contribution in [2.24, 2.45) is 7.05 Å². The van der Waals surface area contributed by atoms with Crippen molar-refractivity contribution in [1.82, 2.24) is 9.55 Å². The standard InChI is InChI=1S/C5H5BrN2O2.ClH/c1-8-3(6)2-7-4(8)5(9)10;/h2H,1H3,(H,9,10);1H. The largest absolute Gasteiger partial charge is 0.475 e. The van der Waals surface area contributed by atoms with E-state index in [9.17, 15) is 4.79 Å². The Morgan fingerprint density at radius 2 is 2.36 bits per heavy atom. The third-order valence-electron chi connectivity index (χ3n) is 1.12. The Hall–Kier alpha value is -0.550. The van der Waals surface area contributed by atoms with Crippen LogP contribution < -0.4 is 0 Å². The highest BCUT2D eigenvalue weighted by molar-refractivity contribution is 9.10. The van der Waals surface area contributed by atoms with E-state index in [0.29, 0.717) is 4.60 Å². The van der Waals surface area contributed by atoms with Crippen LogP contribution in [-0.4, -0.2) is 20.6 Å². The van der Waals surface area contributed by atoms with Gasteiger partial charge in [-0.1, -0.05) is 0 Å². The van der Waals surface area contributed by atoms with Crippen molar-refractivity contribution in [2.45, 2.75) is 0 Å². The van der Waals surface area contributed by atoms with Crippen molar-refractivity contribution < 1.29 is 9.90 Å². The van der Waals surface area contributed by atoms with Gasteiger partial charge in [-0.15, -0.1) is 12.4 Å². The Kier molecular flexibility index (Phi) is 3.54. The molecule has 0 unspecified atom stereocenters. The molecule has 4 nitrogen and oxygen atoms in total. The van der Waals surface area contributed by atoms with Crippen molar-refractivity contribution in [3.63, 3.8) is 0 Å². The summed E-state index contributed by atoms with van der Waals surface area (Å²) in [5.41, 5.74) is 0. The lowest BCUT2D eigenvalue weighted by atomic mass is 10.6. The Labute approximate surface area is 77.8 Å². The number of carboxylic acid groups (broad SMARTS) is 1. The van der Waals surface area contributed by atoms with Crippen molar-refractivity contribution in [3.05, 3.63) is 16.6 Å². The molecule has 0 amide bonds. The molecule has 11 heavy (non-hydrogen) atoms. The minimum Gasteiger partial charge on any atom is -0.475 e. The molecule has 1 rings (SSSR count). The number of carboxylic acids is 1. The molecule has 1 N–H and O–H groups in total. The van der Waals surface area contributed by atoms with Crippen LogP contribution in [0.3, 0.4) is 0 Å². The number of imidazole rings is 1. The van der Waals surface area contributed by atoms with Crippen molar-refractivity contribution in [2.75, 3.05) is 0 Å². The van der Waals surface area contributed by atoms with Gasteiger partial charge in [-0.25, -0.2) is 9.78 Å². The van der Waals surface area contributed by atoms with Crippen LogP contribution >= 0.6 is 28.3 Å². The Morgan fingerprint density at radius 1 is 1.82 bits per heavy atom. The van der Waals surface area contributed by atoms with Crippen LogP contribution in [0.25, 0.3) is 0 Å². The Balaban J connectivity index is 0.000001000. The van der Waals surface area contributed by atoms with Crippen molar-refractivity contribution >= 4 is 34.3 Å². The second kappa shape index (κ2) is 3.73. The van der Waals surface area contributed by atoms with Crippen molar-refractivity contribution in [3.8, 4) is 0 Å². The lowest BCUT2D eigenvalue weighted by Gasteiger charge is -1.94. The molecule has 0 bridgehead atoms. The zero-order chi connectivity index (χ0) is 7.72. The van der Waals surface area contributed by atoms with E-state index in [1.807, 2.05) is 0 Å². The number of hydrogen-bond donors (Lipinski definition) is 1. The summed E-state index contributed by atoms with van der Waals surface area (Å²) in [5, 5.41) is 8.47. The van der Waals surface area contributed by atoms with E-state index in [0.717, 1.165) is 0 Å². The highest BCUT2D eigenvalue weighted by Crippen LogP contribution is 2.09. The maximum absolute atomic E-state index is 10.3. The monoisotopic (exact) mass is 240 g/mol. The quantitative estimate of drug-likeness (QED) is 0.806. The lowest BCUT2D eigenvalue weighted by molar-refractivity contribution is 0.0679. The zero-order valence-corrected chi connectivity index (χ0v) is 8.02. The van der Waals surface area contributed by atoms with Gasteiger partial charge < -0.3 is 9.67 Å². The van der Waals surface area contributed by atoms with Gasteiger partial charge in [0.15, 0.2) is 0 Å². The predicted octanol–water partition coefficient (Wildman–Crippen LogP) is 1.30. The summed E-state index contributed by atoms with van der Waals surface area (Å²) in [4.78, 5) is 14.0. The summed E-state index contributed by atoms with van der Waals surface area (Å²) in [6, 6.07) is 0. The molecule has 0 saturated carbocycles. The van der Waals surface area contributed by atoms with Crippen LogP contribution in [0.1, 0.15) is 10.6 Å². The predicted molar refractivity (Wildman–Crippen MR) is 45.1 cm³/mol.